The minimum absolute atomic E-state index is 0.0521. The zero-order valence-electron chi connectivity index (χ0n) is 42.1. The molecule has 0 aliphatic rings. The van der Waals surface area contributed by atoms with E-state index in [0.29, 0.717) is 17.4 Å². The number of nitrogens with zero attached hydrogens (tertiary/aromatic N) is 1. The van der Waals surface area contributed by atoms with Crippen LogP contribution in [0.15, 0.2) is 48.6 Å². The average molecular weight is 908 g/mol. The van der Waals surface area contributed by atoms with Crippen molar-refractivity contribution in [2.75, 3.05) is 40.9 Å². The van der Waals surface area contributed by atoms with Crippen LogP contribution in [0.1, 0.15) is 239 Å². The van der Waals surface area contributed by atoms with Gasteiger partial charge in [-0.15, -0.1) is 0 Å². The van der Waals surface area contributed by atoms with Gasteiger partial charge in [0.2, 0.25) is 5.91 Å². The van der Waals surface area contributed by atoms with E-state index in [2.05, 4.69) is 55.6 Å². The average Bonchev–Trinajstić information content (AvgIpc) is 3.24. The molecule has 0 bridgehead atoms. The number of aliphatic hydroxyl groups excluding tert-OH is 1. The number of rotatable bonds is 48. The lowest BCUT2D eigenvalue weighted by Crippen LogP contribution is -2.45. The van der Waals surface area contributed by atoms with Crippen LogP contribution in [0.2, 0.25) is 0 Å². The number of hydrogen-bond acceptors (Lipinski definition) is 5. The molecule has 3 atom stereocenters. The summed E-state index contributed by atoms with van der Waals surface area (Å²) in [5.74, 6) is -0.195. The molecule has 0 aromatic heterocycles. The standard InChI is InChI=1S/C54H103N2O6P/c1-6-8-10-12-14-16-18-20-22-24-26-28-30-32-34-36-38-40-42-44-46-48-54(58)55-52(51-62-63(59,60)61-50-49-56(3,4)5)53(57)47-45-43-41-39-37-35-33-31-29-27-25-23-21-19-17-15-13-11-9-7-2/h28-31,37,39,45,47,52-53,57H,6-27,32-36,38,40-44,46,48-51H2,1-5H3,(H-,55,58,59,60)/p+1/b30-28-,31-29+,39-37+,47-45+. The van der Waals surface area contributed by atoms with E-state index in [1.54, 1.807) is 6.08 Å². The Balaban J connectivity index is 4.37. The topological polar surface area (TPSA) is 105 Å². The highest BCUT2D eigenvalue weighted by Crippen LogP contribution is 2.43. The van der Waals surface area contributed by atoms with E-state index in [1.165, 1.54) is 173 Å². The van der Waals surface area contributed by atoms with E-state index in [9.17, 15) is 19.4 Å². The second-order valence-electron chi connectivity index (χ2n) is 19.2. The highest BCUT2D eigenvalue weighted by atomic mass is 31.2. The van der Waals surface area contributed by atoms with Crippen LogP contribution in [0, 0.1) is 0 Å². The van der Waals surface area contributed by atoms with Gasteiger partial charge >= 0.3 is 7.82 Å². The van der Waals surface area contributed by atoms with Crippen LogP contribution in [-0.2, 0) is 18.4 Å². The van der Waals surface area contributed by atoms with Gasteiger partial charge in [-0.25, -0.2) is 4.57 Å². The molecule has 0 aromatic rings. The van der Waals surface area contributed by atoms with Gasteiger partial charge in [0.05, 0.1) is 39.9 Å². The third-order valence-electron chi connectivity index (χ3n) is 11.7. The Labute approximate surface area is 390 Å². The van der Waals surface area contributed by atoms with Crippen LogP contribution in [0.3, 0.4) is 0 Å². The molecule has 63 heavy (non-hydrogen) atoms. The zero-order valence-corrected chi connectivity index (χ0v) is 43.0. The number of phosphoric acid groups is 1. The van der Waals surface area contributed by atoms with Gasteiger partial charge in [-0.1, -0.05) is 210 Å². The first-order chi connectivity index (χ1) is 30.5. The predicted octanol–water partition coefficient (Wildman–Crippen LogP) is 15.6. The summed E-state index contributed by atoms with van der Waals surface area (Å²) >= 11 is 0. The van der Waals surface area contributed by atoms with Crippen LogP contribution >= 0.6 is 7.82 Å². The van der Waals surface area contributed by atoms with E-state index in [-0.39, 0.29) is 19.1 Å². The largest absolute Gasteiger partial charge is 0.472 e. The number of quaternary nitrogens is 1. The molecule has 0 saturated heterocycles. The minimum Gasteiger partial charge on any atom is -0.387 e. The maximum atomic E-state index is 12.9. The molecule has 3 unspecified atom stereocenters. The summed E-state index contributed by atoms with van der Waals surface area (Å²) in [6.45, 7) is 4.80. The summed E-state index contributed by atoms with van der Waals surface area (Å²) in [4.78, 5) is 23.2. The van der Waals surface area contributed by atoms with Gasteiger partial charge in [-0.05, 0) is 70.6 Å². The SMILES string of the molecule is CCCCCCCCCCCC/C=C\CCCCCCCCCC(=O)NC(COP(=O)(O)OCC[N+](C)(C)C)C(O)/C=C/CC/C=C/CC/C=C/CCCCCCCCCCCC. The third kappa shape index (κ3) is 48.2. The highest BCUT2D eigenvalue weighted by Gasteiger charge is 2.27. The van der Waals surface area contributed by atoms with Crippen molar-refractivity contribution in [3.05, 3.63) is 48.6 Å². The molecule has 3 N–H and O–H groups in total. The summed E-state index contributed by atoms with van der Waals surface area (Å²) < 4.78 is 23.6. The van der Waals surface area contributed by atoms with Gasteiger partial charge < -0.3 is 19.8 Å². The van der Waals surface area contributed by atoms with Crippen molar-refractivity contribution in [1.82, 2.24) is 5.32 Å². The lowest BCUT2D eigenvalue weighted by Gasteiger charge is -2.25. The Morgan fingerprint density at radius 1 is 0.524 bits per heavy atom. The van der Waals surface area contributed by atoms with Crippen molar-refractivity contribution < 1.29 is 32.9 Å². The van der Waals surface area contributed by atoms with E-state index in [1.807, 2.05) is 27.2 Å². The molecular formula is C54H104N2O6P+. The van der Waals surface area contributed by atoms with Gasteiger partial charge in [-0.2, -0.15) is 0 Å². The number of hydrogen-bond donors (Lipinski definition) is 3. The monoisotopic (exact) mass is 908 g/mol. The maximum Gasteiger partial charge on any atom is 0.472 e. The Bertz CT molecular complexity index is 1170. The highest BCUT2D eigenvalue weighted by molar-refractivity contribution is 7.47. The molecular weight excluding hydrogens is 804 g/mol. The Morgan fingerprint density at radius 3 is 1.27 bits per heavy atom. The van der Waals surface area contributed by atoms with Gasteiger partial charge in [0.25, 0.3) is 0 Å². The van der Waals surface area contributed by atoms with Crippen LogP contribution in [0.5, 0.6) is 0 Å². The number of aliphatic hydroxyl groups is 1. The van der Waals surface area contributed by atoms with Crippen molar-refractivity contribution in [3.8, 4) is 0 Å². The van der Waals surface area contributed by atoms with E-state index in [0.717, 1.165) is 44.9 Å². The predicted molar refractivity (Wildman–Crippen MR) is 272 cm³/mol. The summed E-state index contributed by atoms with van der Waals surface area (Å²) in [5.41, 5.74) is 0. The van der Waals surface area contributed by atoms with Crippen LogP contribution < -0.4 is 5.32 Å². The van der Waals surface area contributed by atoms with Crippen LogP contribution in [0.25, 0.3) is 0 Å². The summed E-state index contributed by atoms with van der Waals surface area (Å²) in [5, 5.41) is 13.9. The molecule has 0 saturated carbocycles. The summed E-state index contributed by atoms with van der Waals surface area (Å²) in [6, 6.07) is -0.872. The molecule has 1 amide bonds. The summed E-state index contributed by atoms with van der Waals surface area (Å²) in [6.07, 6.45) is 59.1. The molecule has 0 spiro atoms. The van der Waals surface area contributed by atoms with Crippen molar-refractivity contribution in [1.29, 1.82) is 0 Å². The first-order valence-electron chi connectivity index (χ1n) is 26.5. The number of amides is 1. The lowest BCUT2D eigenvalue weighted by molar-refractivity contribution is -0.870. The van der Waals surface area contributed by atoms with Gasteiger partial charge in [-0.3, -0.25) is 13.8 Å². The van der Waals surface area contributed by atoms with E-state index < -0.39 is 20.0 Å². The summed E-state index contributed by atoms with van der Waals surface area (Å²) in [7, 11) is 1.54. The quantitative estimate of drug-likeness (QED) is 0.0243. The van der Waals surface area contributed by atoms with Crippen molar-refractivity contribution in [2.45, 2.75) is 251 Å². The van der Waals surface area contributed by atoms with Crippen molar-refractivity contribution >= 4 is 13.7 Å². The minimum atomic E-state index is -4.36. The fourth-order valence-corrected chi connectivity index (χ4v) is 8.27. The zero-order chi connectivity index (χ0) is 46.4. The first kappa shape index (κ1) is 61.5. The number of carbonyl (C=O) groups is 1. The number of likely N-dealkylation sites (N-methyl/N-ethyl adjacent to an activating group) is 1. The number of allylic oxidation sites excluding steroid dienone is 7. The first-order valence-corrected chi connectivity index (χ1v) is 28.0. The van der Waals surface area contributed by atoms with Crippen molar-refractivity contribution in [3.63, 3.8) is 0 Å². The normalized spacial score (nSPS) is 14.5. The Hall–Kier alpha value is -1.54. The fourth-order valence-electron chi connectivity index (χ4n) is 7.54. The van der Waals surface area contributed by atoms with Crippen LogP contribution in [0.4, 0.5) is 0 Å². The number of phosphoric ester groups is 1. The molecule has 0 radical (unpaired) electrons. The molecule has 370 valence electrons. The molecule has 0 aliphatic carbocycles. The number of unbranched alkanes of at least 4 members (excludes halogenated alkanes) is 29. The maximum absolute atomic E-state index is 12.9. The van der Waals surface area contributed by atoms with Crippen LogP contribution in [-0.4, -0.2) is 73.4 Å². The smallest absolute Gasteiger partial charge is 0.387 e. The van der Waals surface area contributed by atoms with Gasteiger partial charge in [0.1, 0.15) is 13.2 Å². The molecule has 0 heterocycles. The van der Waals surface area contributed by atoms with E-state index in [4.69, 9.17) is 9.05 Å². The van der Waals surface area contributed by atoms with E-state index >= 15 is 0 Å². The molecule has 0 aliphatic heterocycles. The number of nitrogens with one attached hydrogen (secondary N) is 1. The third-order valence-corrected chi connectivity index (χ3v) is 12.7. The second-order valence-corrected chi connectivity index (χ2v) is 20.7. The number of carbonyl (C=O) groups excluding carboxylic acids is 1. The molecule has 9 heteroatoms. The Kier molecular flexibility index (Phi) is 44.5. The fraction of sp³-hybridized carbons (Fsp3) is 0.833. The Morgan fingerprint density at radius 2 is 0.873 bits per heavy atom. The molecule has 8 nitrogen and oxygen atoms in total. The molecule has 0 fully saturated rings. The molecule has 0 aromatic carbocycles. The lowest BCUT2D eigenvalue weighted by atomic mass is 10.1. The van der Waals surface area contributed by atoms with Crippen molar-refractivity contribution in [2.24, 2.45) is 0 Å². The van der Waals surface area contributed by atoms with Gasteiger partial charge in [0, 0.05) is 6.42 Å². The molecule has 0 rings (SSSR count). The van der Waals surface area contributed by atoms with Gasteiger partial charge in [0.15, 0.2) is 0 Å². The second kappa shape index (κ2) is 45.6.